The van der Waals surface area contributed by atoms with Crippen LogP contribution in [0.15, 0.2) is 58.6 Å². The third-order valence-electron chi connectivity index (χ3n) is 2.81. The molecule has 0 aliphatic carbocycles. The lowest BCUT2D eigenvalue weighted by molar-refractivity contribution is 0.102. The van der Waals surface area contributed by atoms with Gasteiger partial charge in [-0.3, -0.25) is 15.1 Å². The minimum absolute atomic E-state index is 0.168. The van der Waals surface area contributed by atoms with E-state index in [1.807, 2.05) is 29.6 Å². The van der Waals surface area contributed by atoms with Crippen molar-refractivity contribution in [3.8, 4) is 11.3 Å². The Labute approximate surface area is 134 Å². The normalized spacial score (nSPS) is 10.3. The molecule has 2 aromatic heterocycles. The fourth-order valence-corrected chi connectivity index (χ4v) is 2.74. The molecule has 3 rings (SSSR count). The highest BCUT2D eigenvalue weighted by molar-refractivity contribution is 9.10. The largest absolute Gasteiger partial charge is 0.298 e. The van der Waals surface area contributed by atoms with Gasteiger partial charge in [0.2, 0.25) is 0 Å². The van der Waals surface area contributed by atoms with Gasteiger partial charge < -0.3 is 0 Å². The smallest absolute Gasteiger partial charge is 0.257 e. The number of thiazole rings is 1. The van der Waals surface area contributed by atoms with Gasteiger partial charge in [-0.1, -0.05) is 15.9 Å². The average molecular weight is 360 g/mol. The summed E-state index contributed by atoms with van der Waals surface area (Å²) in [5.41, 5.74) is 2.40. The van der Waals surface area contributed by atoms with Crippen LogP contribution in [0.4, 0.5) is 5.13 Å². The van der Waals surface area contributed by atoms with Crippen molar-refractivity contribution in [1.82, 2.24) is 9.97 Å². The molecule has 4 nitrogen and oxygen atoms in total. The molecule has 0 radical (unpaired) electrons. The van der Waals surface area contributed by atoms with Gasteiger partial charge in [-0.25, -0.2) is 4.98 Å². The maximum absolute atomic E-state index is 12.1. The van der Waals surface area contributed by atoms with Crippen LogP contribution in [0.1, 0.15) is 10.4 Å². The Kier molecular flexibility index (Phi) is 4.08. The van der Waals surface area contributed by atoms with Gasteiger partial charge in [0.15, 0.2) is 5.13 Å². The number of carbonyl (C=O) groups is 1. The van der Waals surface area contributed by atoms with Crippen LogP contribution in [0.3, 0.4) is 0 Å². The first-order chi connectivity index (χ1) is 10.2. The molecule has 1 aromatic carbocycles. The van der Waals surface area contributed by atoms with Crippen LogP contribution < -0.4 is 5.32 Å². The first-order valence-corrected chi connectivity index (χ1v) is 7.82. The molecule has 0 spiro atoms. The zero-order valence-electron chi connectivity index (χ0n) is 10.8. The van der Waals surface area contributed by atoms with E-state index in [-0.39, 0.29) is 5.91 Å². The number of benzene rings is 1. The number of aromatic nitrogens is 2. The predicted octanol–water partition coefficient (Wildman–Crippen LogP) is 4.22. The second-order valence-corrected chi connectivity index (χ2v) is 6.01. The van der Waals surface area contributed by atoms with Crippen molar-refractivity contribution in [1.29, 1.82) is 0 Å². The molecular formula is C15H10BrN3OS. The number of hydrogen-bond donors (Lipinski definition) is 1. The van der Waals surface area contributed by atoms with E-state index in [2.05, 4.69) is 31.2 Å². The van der Waals surface area contributed by atoms with Crippen molar-refractivity contribution in [2.45, 2.75) is 0 Å². The van der Waals surface area contributed by atoms with Crippen molar-refractivity contribution in [2.24, 2.45) is 0 Å². The minimum Gasteiger partial charge on any atom is -0.298 e. The highest BCUT2D eigenvalue weighted by Gasteiger charge is 2.09. The van der Waals surface area contributed by atoms with Crippen molar-refractivity contribution in [2.75, 3.05) is 5.32 Å². The number of carbonyl (C=O) groups excluding carboxylic acids is 1. The summed E-state index contributed by atoms with van der Waals surface area (Å²) in [5, 5.41) is 5.29. The second kappa shape index (κ2) is 6.15. The quantitative estimate of drug-likeness (QED) is 0.761. The van der Waals surface area contributed by atoms with Crippen molar-refractivity contribution in [3.05, 3.63) is 64.2 Å². The highest BCUT2D eigenvalue weighted by Crippen LogP contribution is 2.24. The fraction of sp³-hybridized carbons (Fsp3) is 0. The summed E-state index contributed by atoms with van der Waals surface area (Å²) < 4.78 is 0.938. The highest BCUT2D eigenvalue weighted by atomic mass is 79.9. The Balaban J connectivity index is 1.75. The standard InChI is InChI=1S/C15H10BrN3OS/c16-12-3-1-11(2-4-12)14(20)19-15-18-13(9-21-15)10-5-7-17-8-6-10/h1-9H,(H,18,19,20). The number of hydrogen-bond acceptors (Lipinski definition) is 4. The predicted molar refractivity (Wildman–Crippen MR) is 87.4 cm³/mol. The summed E-state index contributed by atoms with van der Waals surface area (Å²) in [5.74, 6) is -0.168. The number of nitrogens with one attached hydrogen (secondary N) is 1. The molecule has 6 heteroatoms. The maximum atomic E-state index is 12.1. The number of rotatable bonds is 3. The molecule has 0 unspecified atom stereocenters. The lowest BCUT2D eigenvalue weighted by atomic mass is 10.2. The molecule has 0 fully saturated rings. The Morgan fingerprint density at radius 1 is 1.10 bits per heavy atom. The molecule has 1 amide bonds. The fourth-order valence-electron chi connectivity index (χ4n) is 1.76. The van der Waals surface area contributed by atoms with E-state index in [9.17, 15) is 4.79 Å². The third-order valence-corrected chi connectivity index (χ3v) is 4.09. The van der Waals surface area contributed by atoms with Crippen molar-refractivity contribution < 1.29 is 4.79 Å². The molecule has 2 heterocycles. The molecule has 3 aromatic rings. The summed E-state index contributed by atoms with van der Waals surface area (Å²) in [7, 11) is 0. The van der Waals surface area contributed by atoms with E-state index in [0.717, 1.165) is 15.7 Å². The molecule has 0 atom stereocenters. The van der Waals surface area contributed by atoms with E-state index in [0.29, 0.717) is 10.7 Å². The molecule has 0 bridgehead atoms. The zero-order valence-corrected chi connectivity index (χ0v) is 13.2. The van der Waals surface area contributed by atoms with E-state index in [4.69, 9.17) is 0 Å². The SMILES string of the molecule is O=C(Nc1nc(-c2ccncc2)cs1)c1ccc(Br)cc1. The Morgan fingerprint density at radius 2 is 1.81 bits per heavy atom. The number of amides is 1. The van der Waals surface area contributed by atoms with E-state index in [1.54, 1.807) is 24.5 Å². The number of halogens is 1. The summed E-state index contributed by atoms with van der Waals surface area (Å²) in [4.78, 5) is 20.5. The zero-order chi connectivity index (χ0) is 14.7. The summed E-state index contributed by atoms with van der Waals surface area (Å²) in [6.07, 6.45) is 3.43. The average Bonchev–Trinajstić information content (AvgIpc) is 2.97. The lowest BCUT2D eigenvalue weighted by Gasteiger charge is -2.01. The van der Waals surface area contributed by atoms with Crippen molar-refractivity contribution >= 4 is 38.3 Å². The van der Waals surface area contributed by atoms with Gasteiger partial charge in [0.25, 0.3) is 5.91 Å². The van der Waals surface area contributed by atoms with Gasteiger partial charge >= 0.3 is 0 Å². The van der Waals surface area contributed by atoms with Crippen molar-refractivity contribution in [3.63, 3.8) is 0 Å². The van der Waals surface area contributed by atoms with E-state index < -0.39 is 0 Å². The maximum Gasteiger partial charge on any atom is 0.257 e. The summed E-state index contributed by atoms with van der Waals surface area (Å²) in [6, 6.07) is 11.0. The lowest BCUT2D eigenvalue weighted by Crippen LogP contribution is -2.11. The second-order valence-electron chi connectivity index (χ2n) is 4.23. The van der Waals surface area contributed by atoms with Gasteiger partial charge in [0, 0.05) is 33.4 Å². The molecule has 0 aliphatic rings. The topological polar surface area (TPSA) is 54.9 Å². The van der Waals surface area contributed by atoms with Crippen LogP contribution >= 0.6 is 27.3 Å². The monoisotopic (exact) mass is 359 g/mol. The Morgan fingerprint density at radius 3 is 2.52 bits per heavy atom. The van der Waals surface area contributed by atoms with Gasteiger partial charge in [0.1, 0.15) is 0 Å². The molecule has 104 valence electrons. The first kappa shape index (κ1) is 13.9. The van der Waals surface area contributed by atoms with Crippen LogP contribution in [0.5, 0.6) is 0 Å². The van der Waals surface area contributed by atoms with Gasteiger partial charge in [-0.15, -0.1) is 11.3 Å². The van der Waals surface area contributed by atoms with Crippen LogP contribution in [-0.4, -0.2) is 15.9 Å². The van der Waals surface area contributed by atoms with Gasteiger partial charge in [-0.2, -0.15) is 0 Å². The van der Waals surface area contributed by atoms with Crippen LogP contribution in [-0.2, 0) is 0 Å². The number of anilines is 1. The molecule has 0 saturated carbocycles. The van der Waals surface area contributed by atoms with Crippen LogP contribution in [0.25, 0.3) is 11.3 Å². The first-order valence-electron chi connectivity index (χ1n) is 6.15. The van der Waals surface area contributed by atoms with Crippen LogP contribution in [0.2, 0.25) is 0 Å². The molecule has 1 N–H and O–H groups in total. The molecule has 21 heavy (non-hydrogen) atoms. The van der Waals surface area contributed by atoms with E-state index in [1.165, 1.54) is 11.3 Å². The molecule has 0 aliphatic heterocycles. The summed E-state index contributed by atoms with van der Waals surface area (Å²) >= 11 is 4.74. The Bertz CT molecular complexity index is 756. The molecular weight excluding hydrogens is 350 g/mol. The number of nitrogens with zero attached hydrogens (tertiary/aromatic N) is 2. The van der Waals surface area contributed by atoms with Gasteiger partial charge in [-0.05, 0) is 36.4 Å². The molecule has 0 saturated heterocycles. The third kappa shape index (κ3) is 3.34. The summed E-state index contributed by atoms with van der Waals surface area (Å²) in [6.45, 7) is 0. The minimum atomic E-state index is -0.168. The van der Waals surface area contributed by atoms with Gasteiger partial charge in [0.05, 0.1) is 5.69 Å². The van der Waals surface area contributed by atoms with Crippen LogP contribution in [0, 0.1) is 0 Å². The number of pyridine rings is 1. The van der Waals surface area contributed by atoms with E-state index >= 15 is 0 Å². The Hall–Kier alpha value is -2.05.